The summed E-state index contributed by atoms with van der Waals surface area (Å²) in [5, 5.41) is 15.1. The molecule has 1 aliphatic rings. The molecule has 4 N–H and O–H groups in total. The number of halogens is 1. The molecule has 0 unspecified atom stereocenters. The summed E-state index contributed by atoms with van der Waals surface area (Å²) >= 11 is 0. The Morgan fingerprint density at radius 2 is 2.04 bits per heavy atom. The number of fused-ring (bicyclic) bond motifs is 1. The zero-order valence-corrected chi connectivity index (χ0v) is 15.1. The number of benzene rings is 2. The van der Waals surface area contributed by atoms with Crippen LogP contribution in [-0.2, 0) is 11.3 Å². The topological polar surface area (TPSA) is 84.6 Å². The molecular formula is C19H25ClN2O3. The number of rotatable bonds is 4. The van der Waals surface area contributed by atoms with Crippen molar-refractivity contribution >= 4 is 29.1 Å². The Hall–Kier alpha value is -1.82. The Morgan fingerprint density at radius 3 is 2.76 bits per heavy atom. The molecule has 2 aromatic rings. The van der Waals surface area contributed by atoms with Gasteiger partial charge in [0.05, 0.1) is 13.2 Å². The lowest BCUT2D eigenvalue weighted by atomic mass is 9.84. The maximum atomic E-state index is 12.5. The average molecular weight is 365 g/mol. The van der Waals surface area contributed by atoms with E-state index in [1.54, 1.807) is 7.11 Å². The van der Waals surface area contributed by atoms with Gasteiger partial charge in [-0.15, -0.1) is 12.4 Å². The molecular weight excluding hydrogens is 340 g/mol. The van der Waals surface area contributed by atoms with Gasteiger partial charge in [0, 0.05) is 24.1 Å². The zero-order valence-electron chi connectivity index (χ0n) is 14.3. The summed E-state index contributed by atoms with van der Waals surface area (Å²) in [7, 11) is 1.63. The Labute approximate surface area is 154 Å². The second-order valence-corrected chi connectivity index (χ2v) is 6.43. The van der Waals surface area contributed by atoms with Crippen LogP contribution in [0.3, 0.4) is 0 Å². The first-order chi connectivity index (χ1) is 11.6. The van der Waals surface area contributed by atoms with Gasteiger partial charge in [0.1, 0.15) is 5.75 Å². The standard InChI is InChI=1S/C19H24N2O3.ClH/c1-24-18-9-7-12-4-2-3-5-14(12)15(18)11-21-19(23)13-6-8-16(20)17(22)10-13;/h2-5,7,9,13,16-17,22H,6,8,10-11,20H2,1H3,(H,21,23);1H/t13-,16+,17+;/m0./s1. The van der Waals surface area contributed by atoms with Gasteiger partial charge in [-0.1, -0.05) is 30.3 Å². The number of ether oxygens (including phenoxy) is 1. The van der Waals surface area contributed by atoms with Crippen LogP contribution in [0.5, 0.6) is 5.75 Å². The number of carbonyl (C=O) groups excluding carboxylic acids is 1. The molecule has 0 aliphatic heterocycles. The fraction of sp³-hybridized carbons (Fsp3) is 0.421. The lowest BCUT2D eigenvalue weighted by molar-refractivity contribution is -0.127. The molecule has 0 spiro atoms. The van der Waals surface area contributed by atoms with Crippen molar-refractivity contribution in [2.75, 3.05) is 7.11 Å². The SMILES string of the molecule is COc1ccc2ccccc2c1CNC(=O)[C@H]1CC[C@@H](N)[C@H](O)C1.Cl. The molecule has 1 aliphatic carbocycles. The second kappa shape index (κ2) is 8.52. The number of hydrogen-bond donors (Lipinski definition) is 3. The highest BCUT2D eigenvalue weighted by Crippen LogP contribution is 2.28. The van der Waals surface area contributed by atoms with Gasteiger partial charge < -0.3 is 20.9 Å². The van der Waals surface area contributed by atoms with E-state index in [-0.39, 0.29) is 30.3 Å². The van der Waals surface area contributed by atoms with Crippen LogP contribution in [0.4, 0.5) is 0 Å². The van der Waals surface area contributed by atoms with Gasteiger partial charge in [0.15, 0.2) is 0 Å². The van der Waals surface area contributed by atoms with Gasteiger partial charge >= 0.3 is 0 Å². The summed E-state index contributed by atoms with van der Waals surface area (Å²) < 4.78 is 5.45. The van der Waals surface area contributed by atoms with Crippen LogP contribution in [0, 0.1) is 5.92 Å². The van der Waals surface area contributed by atoms with Gasteiger partial charge in [-0.3, -0.25) is 4.79 Å². The predicted octanol–water partition coefficient (Wildman–Crippen LogP) is 2.37. The number of amides is 1. The number of aliphatic hydroxyl groups is 1. The zero-order chi connectivity index (χ0) is 17.1. The van der Waals surface area contributed by atoms with Gasteiger partial charge in [0.2, 0.25) is 5.91 Å². The lowest BCUT2D eigenvalue weighted by Gasteiger charge is -2.30. The number of nitrogens with one attached hydrogen (secondary N) is 1. The van der Waals surface area contributed by atoms with E-state index in [0.29, 0.717) is 19.4 Å². The van der Waals surface area contributed by atoms with Gasteiger partial charge in [-0.2, -0.15) is 0 Å². The highest BCUT2D eigenvalue weighted by atomic mass is 35.5. The first-order valence-corrected chi connectivity index (χ1v) is 8.36. The summed E-state index contributed by atoms with van der Waals surface area (Å²) in [5.41, 5.74) is 6.78. The van der Waals surface area contributed by atoms with Crippen LogP contribution in [0.2, 0.25) is 0 Å². The first kappa shape index (κ1) is 19.5. The van der Waals surface area contributed by atoms with Gasteiger partial charge in [0.25, 0.3) is 0 Å². The summed E-state index contributed by atoms with van der Waals surface area (Å²) in [6.07, 6.45) is 1.23. The normalized spacial score (nSPS) is 22.9. The molecule has 3 atom stereocenters. The minimum absolute atomic E-state index is 0. The third-order valence-corrected chi connectivity index (χ3v) is 4.90. The molecule has 0 aromatic heterocycles. The monoisotopic (exact) mass is 364 g/mol. The van der Waals surface area contributed by atoms with E-state index < -0.39 is 6.10 Å². The highest BCUT2D eigenvalue weighted by Gasteiger charge is 2.30. The van der Waals surface area contributed by atoms with E-state index in [4.69, 9.17) is 10.5 Å². The van der Waals surface area contributed by atoms with Crippen molar-refractivity contribution in [1.29, 1.82) is 0 Å². The molecule has 0 heterocycles. The maximum Gasteiger partial charge on any atom is 0.223 e. The number of methoxy groups -OCH3 is 1. The number of carbonyl (C=O) groups is 1. The molecule has 1 amide bonds. The predicted molar refractivity (Wildman–Crippen MR) is 101 cm³/mol. The van der Waals surface area contributed by atoms with E-state index in [1.165, 1.54) is 0 Å². The minimum Gasteiger partial charge on any atom is -0.496 e. The number of nitrogens with two attached hydrogens (primary N) is 1. The summed E-state index contributed by atoms with van der Waals surface area (Å²) in [4.78, 5) is 12.5. The van der Waals surface area contributed by atoms with Crippen molar-refractivity contribution in [2.24, 2.45) is 11.7 Å². The smallest absolute Gasteiger partial charge is 0.223 e. The Morgan fingerprint density at radius 1 is 1.28 bits per heavy atom. The van der Waals surface area contributed by atoms with E-state index in [2.05, 4.69) is 5.32 Å². The van der Waals surface area contributed by atoms with Crippen LogP contribution in [-0.4, -0.2) is 30.3 Å². The third kappa shape index (κ3) is 4.24. The minimum atomic E-state index is -0.596. The second-order valence-electron chi connectivity index (χ2n) is 6.43. The molecule has 0 saturated heterocycles. The molecule has 2 aromatic carbocycles. The van der Waals surface area contributed by atoms with Gasteiger partial charge in [-0.25, -0.2) is 0 Å². The van der Waals surface area contributed by atoms with Crippen LogP contribution in [0.1, 0.15) is 24.8 Å². The molecule has 0 radical (unpaired) electrons. The Kier molecular flexibility index (Phi) is 6.64. The van der Waals surface area contributed by atoms with E-state index in [1.807, 2.05) is 36.4 Å². The van der Waals surface area contributed by atoms with Crippen molar-refractivity contribution in [3.8, 4) is 5.75 Å². The quantitative estimate of drug-likeness (QED) is 0.777. The first-order valence-electron chi connectivity index (χ1n) is 8.36. The fourth-order valence-electron chi connectivity index (χ4n) is 3.42. The van der Waals surface area contributed by atoms with Crippen molar-refractivity contribution in [1.82, 2.24) is 5.32 Å². The van der Waals surface area contributed by atoms with Crippen LogP contribution >= 0.6 is 12.4 Å². The van der Waals surface area contributed by atoms with E-state index in [9.17, 15) is 9.90 Å². The molecule has 0 bridgehead atoms. The molecule has 1 saturated carbocycles. The van der Waals surface area contributed by atoms with Crippen molar-refractivity contribution in [3.05, 3.63) is 42.0 Å². The highest BCUT2D eigenvalue weighted by molar-refractivity contribution is 5.88. The summed E-state index contributed by atoms with van der Waals surface area (Å²) in [6, 6.07) is 11.8. The number of aliphatic hydroxyl groups excluding tert-OH is 1. The van der Waals surface area contributed by atoms with Gasteiger partial charge in [-0.05, 0) is 36.1 Å². The Balaban J connectivity index is 0.00000225. The molecule has 136 valence electrons. The summed E-state index contributed by atoms with van der Waals surface area (Å²) in [6.45, 7) is 0.405. The van der Waals surface area contributed by atoms with Crippen molar-refractivity contribution < 1.29 is 14.6 Å². The third-order valence-electron chi connectivity index (χ3n) is 4.90. The number of hydrogen-bond acceptors (Lipinski definition) is 4. The molecule has 3 rings (SSSR count). The van der Waals surface area contributed by atoms with Crippen molar-refractivity contribution in [3.63, 3.8) is 0 Å². The summed E-state index contributed by atoms with van der Waals surface area (Å²) in [5.74, 6) is 0.552. The van der Waals surface area contributed by atoms with E-state index in [0.717, 1.165) is 28.5 Å². The van der Waals surface area contributed by atoms with Crippen molar-refractivity contribution in [2.45, 2.75) is 38.0 Å². The maximum absolute atomic E-state index is 12.5. The van der Waals surface area contributed by atoms with Crippen LogP contribution in [0.15, 0.2) is 36.4 Å². The van der Waals surface area contributed by atoms with Crippen LogP contribution in [0.25, 0.3) is 10.8 Å². The molecule has 25 heavy (non-hydrogen) atoms. The van der Waals surface area contributed by atoms with E-state index >= 15 is 0 Å². The lowest BCUT2D eigenvalue weighted by Crippen LogP contribution is -2.44. The van der Waals surface area contributed by atoms with Crippen LogP contribution < -0.4 is 15.8 Å². The molecule has 6 heteroatoms. The average Bonchev–Trinajstić information content (AvgIpc) is 2.61. The largest absolute Gasteiger partial charge is 0.496 e. The molecule has 5 nitrogen and oxygen atoms in total. The molecule has 1 fully saturated rings. The fourth-order valence-corrected chi connectivity index (χ4v) is 3.42. The Bertz CT molecular complexity index is 738.